The number of rotatable bonds is 6. The Morgan fingerprint density at radius 1 is 1.71 bits per heavy atom. The van der Waals surface area contributed by atoms with Crippen LogP contribution in [-0.2, 0) is 4.79 Å². The Hall–Kier alpha value is -1.39. The minimum atomic E-state index is -0.972. The summed E-state index contributed by atoms with van der Waals surface area (Å²) in [7, 11) is 0. The van der Waals surface area contributed by atoms with Crippen molar-refractivity contribution in [2.24, 2.45) is 5.84 Å². The lowest BCUT2D eigenvalue weighted by Gasteiger charge is -2.10. The lowest BCUT2D eigenvalue weighted by atomic mass is 10.1. The third-order valence-corrected chi connectivity index (χ3v) is 1.70. The zero-order chi connectivity index (χ0) is 11.0. The summed E-state index contributed by atoms with van der Waals surface area (Å²) in [5, 5.41) is 8.72. The van der Waals surface area contributed by atoms with E-state index in [1.165, 1.54) is 0 Å². The Labute approximate surface area is 83.8 Å². The lowest BCUT2D eigenvalue weighted by Crippen LogP contribution is -2.41. The third-order valence-electron chi connectivity index (χ3n) is 1.70. The number of hydrogen-bond donors (Lipinski definition) is 3. The van der Waals surface area contributed by atoms with Gasteiger partial charge in [-0.15, -0.1) is 0 Å². The van der Waals surface area contributed by atoms with Gasteiger partial charge >= 0.3 is 5.97 Å². The van der Waals surface area contributed by atoms with Crippen molar-refractivity contribution in [2.75, 3.05) is 0 Å². The van der Waals surface area contributed by atoms with Crippen molar-refractivity contribution in [3.8, 4) is 0 Å². The van der Waals surface area contributed by atoms with Gasteiger partial charge in [0.1, 0.15) is 6.04 Å². The minimum absolute atomic E-state index is 0.319. The molecule has 0 aromatic carbocycles. The zero-order valence-corrected chi connectivity index (χ0v) is 8.23. The largest absolute Gasteiger partial charge is 0.480 e. The van der Waals surface area contributed by atoms with Crippen LogP contribution in [0.5, 0.6) is 0 Å². The van der Waals surface area contributed by atoms with Gasteiger partial charge in [-0.2, -0.15) is 0 Å². The smallest absolute Gasteiger partial charge is 0.322 e. The van der Waals surface area contributed by atoms with Crippen molar-refractivity contribution in [2.45, 2.75) is 19.4 Å². The summed E-state index contributed by atoms with van der Waals surface area (Å²) in [5.74, 6) is 4.12. The molecule has 1 unspecified atom stereocenters. The SMILES string of the molecule is C=C/C(=C\C=C/C)CC(NN)C(=O)O. The Kier molecular flexibility index (Phi) is 6.36. The number of aliphatic carboxylic acids is 1. The zero-order valence-electron chi connectivity index (χ0n) is 8.23. The van der Waals surface area contributed by atoms with E-state index in [9.17, 15) is 4.79 Å². The van der Waals surface area contributed by atoms with Crippen LogP contribution >= 0.6 is 0 Å². The van der Waals surface area contributed by atoms with Gasteiger partial charge in [0.2, 0.25) is 0 Å². The molecule has 0 saturated heterocycles. The topological polar surface area (TPSA) is 75.3 Å². The second kappa shape index (κ2) is 7.06. The van der Waals surface area contributed by atoms with E-state index in [1.54, 1.807) is 12.2 Å². The number of hydrazine groups is 1. The van der Waals surface area contributed by atoms with Crippen LogP contribution in [0.1, 0.15) is 13.3 Å². The Bertz CT molecular complexity index is 257. The highest BCUT2D eigenvalue weighted by Gasteiger charge is 2.15. The van der Waals surface area contributed by atoms with E-state index in [2.05, 4.69) is 12.0 Å². The molecular weight excluding hydrogens is 180 g/mol. The average Bonchev–Trinajstić information content (AvgIpc) is 2.18. The van der Waals surface area contributed by atoms with Gasteiger partial charge in [-0.05, 0) is 18.9 Å². The van der Waals surface area contributed by atoms with E-state index < -0.39 is 12.0 Å². The van der Waals surface area contributed by atoms with E-state index in [4.69, 9.17) is 10.9 Å². The quantitative estimate of drug-likeness (QED) is 0.336. The molecule has 0 aliphatic heterocycles. The maximum absolute atomic E-state index is 10.6. The molecule has 4 nitrogen and oxygen atoms in total. The molecule has 0 aliphatic carbocycles. The van der Waals surface area contributed by atoms with Crippen molar-refractivity contribution in [3.05, 3.63) is 36.5 Å². The molecule has 0 heterocycles. The second-order valence-corrected chi connectivity index (χ2v) is 2.73. The van der Waals surface area contributed by atoms with Gasteiger partial charge in [-0.25, -0.2) is 5.43 Å². The number of hydrogen-bond acceptors (Lipinski definition) is 3. The standard InChI is InChI=1S/C10H16N2O2/c1-3-5-6-8(4-2)7-9(12-11)10(13)14/h3-6,9,12H,2,7,11H2,1H3,(H,13,14)/b5-3-,8-6+. The van der Waals surface area contributed by atoms with E-state index in [0.717, 1.165) is 5.57 Å². The van der Waals surface area contributed by atoms with Crippen molar-refractivity contribution in [3.63, 3.8) is 0 Å². The van der Waals surface area contributed by atoms with Crippen molar-refractivity contribution < 1.29 is 9.90 Å². The van der Waals surface area contributed by atoms with E-state index in [1.807, 2.05) is 19.1 Å². The molecule has 0 aromatic rings. The molecule has 0 aromatic heterocycles. The van der Waals surface area contributed by atoms with Crippen LogP contribution in [0.15, 0.2) is 36.5 Å². The first-order chi connectivity index (χ1) is 6.65. The summed E-state index contributed by atoms with van der Waals surface area (Å²) >= 11 is 0. The van der Waals surface area contributed by atoms with Crippen molar-refractivity contribution in [1.82, 2.24) is 5.43 Å². The van der Waals surface area contributed by atoms with Crippen LogP contribution in [-0.4, -0.2) is 17.1 Å². The van der Waals surface area contributed by atoms with Gasteiger partial charge in [0.15, 0.2) is 0 Å². The number of carboxylic acid groups (broad SMARTS) is 1. The molecule has 14 heavy (non-hydrogen) atoms. The number of nitrogens with two attached hydrogens (primary N) is 1. The van der Waals surface area contributed by atoms with E-state index in [-0.39, 0.29) is 0 Å². The predicted molar refractivity (Wildman–Crippen MR) is 56.5 cm³/mol. The van der Waals surface area contributed by atoms with E-state index in [0.29, 0.717) is 6.42 Å². The van der Waals surface area contributed by atoms with Crippen LogP contribution in [0, 0.1) is 0 Å². The van der Waals surface area contributed by atoms with Crippen LogP contribution in [0.2, 0.25) is 0 Å². The van der Waals surface area contributed by atoms with Crippen molar-refractivity contribution in [1.29, 1.82) is 0 Å². The third kappa shape index (κ3) is 4.59. The number of allylic oxidation sites excluding steroid dienone is 4. The summed E-state index contributed by atoms with van der Waals surface area (Å²) in [6, 6.07) is -0.774. The fourth-order valence-electron chi connectivity index (χ4n) is 0.892. The molecule has 0 saturated carbocycles. The molecule has 78 valence electrons. The summed E-state index contributed by atoms with van der Waals surface area (Å²) in [6.45, 7) is 5.48. The van der Waals surface area contributed by atoms with Gasteiger partial charge in [0.25, 0.3) is 0 Å². The van der Waals surface area contributed by atoms with Gasteiger partial charge in [0.05, 0.1) is 0 Å². The van der Waals surface area contributed by atoms with Gasteiger partial charge in [-0.1, -0.05) is 30.9 Å². The molecule has 0 aliphatic rings. The average molecular weight is 196 g/mol. The molecule has 0 bridgehead atoms. The highest BCUT2D eigenvalue weighted by Crippen LogP contribution is 2.06. The normalized spacial score (nSPS) is 14.3. The molecule has 0 radical (unpaired) electrons. The summed E-state index contributed by atoms with van der Waals surface area (Å²) in [6.07, 6.45) is 7.43. The Morgan fingerprint density at radius 3 is 2.71 bits per heavy atom. The first-order valence-electron chi connectivity index (χ1n) is 4.29. The minimum Gasteiger partial charge on any atom is -0.480 e. The number of carboxylic acids is 1. The van der Waals surface area contributed by atoms with Crippen LogP contribution in [0.25, 0.3) is 0 Å². The number of nitrogens with one attached hydrogen (secondary N) is 1. The van der Waals surface area contributed by atoms with Crippen LogP contribution in [0.3, 0.4) is 0 Å². The molecule has 1 atom stereocenters. The Balaban J connectivity index is 4.43. The fourth-order valence-corrected chi connectivity index (χ4v) is 0.892. The van der Waals surface area contributed by atoms with Crippen LogP contribution in [0.4, 0.5) is 0 Å². The van der Waals surface area contributed by atoms with Crippen molar-refractivity contribution >= 4 is 5.97 Å². The molecule has 0 rings (SSSR count). The maximum Gasteiger partial charge on any atom is 0.322 e. The van der Waals surface area contributed by atoms with E-state index >= 15 is 0 Å². The lowest BCUT2D eigenvalue weighted by molar-refractivity contribution is -0.139. The van der Waals surface area contributed by atoms with Gasteiger partial charge in [0, 0.05) is 0 Å². The number of carbonyl (C=O) groups is 1. The maximum atomic E-state index is 10.6. The fraction of sp³-hybridized carbons (Fsp3) is 0.300. The highest BCUT2D eigenvalue weighted by atomic mass is 16.4. The Morgan fingerprint density at radius 2 is 2.36 bits per heavy atom. The summed E-state index contributed by atoms with van der Waals surface area (Å²) in [4.78, 5) is 10.6. The first-order valence-corrected chi connectivity index (χ1v) is 4.29. The molecule has 4 heteroatoms. The van der Waals surface area contributed by atoms with Gasteiger partial charge in [-0.3, -0.25) is 10.6 Å². The van der Waals surface area contributed by atoms with Crippen LogP contribution < -0.4 is 11.3 Å². The summed E-state index contributed by atoms with van der Waals surface area (Å²) in [5.41, 5.74) is 3.06. The molecule has 0 fully saturated rings. The molecular formula is C10H16N2O2. The molecule has 0 amide bonds. The summed E-state index contributed by atoms with van der Waals surface area (Å²) < 4.78 is 0. The second-order valence-electron chi connectivity index (χ2n) is 2.73. The molecule has 4 N–H and O–H groups in total. The molecule has 0 spiro atoms. The highest BCUT2D eigenvalue weighted by molar-refractivity contribution is 5.73. The van der Waals surface area contributed by atoms with Gasteiger partial charge < -0.3 is 5.11 Å². The predicted octanol–water partition coefficient (Wildman–Crippen LogP) is 0.981. The monoisotopic (exact) mass is 196 g/mol. The first kappa shape index (κ1) is 12.6.